The standard InChI is InChI=1S/C17H15FO5S/c1-3-22-17(19)10(2)11-4-6-13-15(8-11)24(20,21)16-9-12(18)5-7-14(16)23-13/h4-10H,3H2,1-2H3. The highest BCUT2D eigenvalue weighted by Gasteiger charge is 2.33. The maximum atomic E-state index is 13.4. The van der Waals surface area contributed by atoms with Crippen LogP contribution in [0.4, 0.5) is 4.39 Å². The molecule has 2 aromatic carbocycles. The van der Waals surface area contributed by atoms with Crippen LogP contribution in [0.2, 0.25) is 0 Å². The van der Waals surface area contributed by atoms with Gasteiger partial charge in [-0.25, -0.2) is 12.8 Å². The number of carbonyl (C=O) groups is 1. The molecule has 24 heavy (non-hydrogen) atoms. The van der Waals surface area contributed by atoms with E-state index in [-0.39, 0.29) is 27.9 Å². The molecule has 0 spiro atoms. The van der Waals surface area contributed by atoms with E-state index in [0.29, 0.717) is 5.56 Å². The van der Waals surface area contributed by atoms with E-state index < -0.39 is 27.5 Å². The summed E-state index contributed by atoms with van der Waals surface area (Å²) in [5.74, 6) is -1.51. The lowest BCUT2D eigenvalue weighted by molar-refractivity contribution is -0.144. The molecular formula is C17H15FO5S. The number of benzene rings is 2. The largest absolute Gasteiger partial charge is 0.466 e. The van der Waals surface area contributed by atoms with E-state index in [1.165, 1.54) is 18.2 Å². The monoisotopic (exact) mass is 350 g/mol. The van der Waals surface area contributed by atoms with Crippen LogP contribution < -0.4 is 4.74 Å². The van der Waals surface area contributed by atoms with Crippen LogP contribution in [0, 0.1) is 5.82 Å². The molecule has 1 unspecified atom stereocenters. The van der Waals surface area contributed by atoms with Gasteiger partial charge >= 0.3 is 5.97 Å². The Morgan fingerprint density at radius 3 is 2.46 bits per heavy atom. The predicted molar refractivity (Wildman–Crippen MR) is 83.4 cm³/mol. The Kier molecular flexibility index (Phi) is 4.04. The molecule has 1 aliphatic heterocycles. The van der Waals surface area contributed by atoms with Crippen LogP contribution >= 0.6 is 0 Å². The average Bonchev–Trinajstić information content (AvgIpc) is 2.55. The molecule has 0 saturated heterocycles. The number of esters is 1. The molecule has 0 radical (unpaired) electrons. The van der Waals surface area contributed by atoms with Crippen molar-refractivity contribution in [2.45, 2.75) is 29.6 Å². The molecule has 7 heteroatoms. The average molecular weight is 350 g/mol. The molecule has 3 rings (SSSR count). The molecule has 0 aromatic heterocycles. The second-order valence-corrected chi connectivity index (χ2v) is 7.26. The highest BCUT2D eigenvalue weighted by molar-refractivity contribution is 7.91. The summed E-state index contributed by atoms with van der Waals surface area (Å²) in [6.07, 6.45) is 0. The molecule has 1 aliphatic rings. The molecule has 0 aliphatic carbocycles. The van der Waals surface area contributed by atoms with Gasteiger partial charge in [0.25, 0.3) is 0 Å². The SMILES string of the molecule is CCOC(=O)C(C)c1ccc2c(c1)S(=O)(=O)c1cc(F)ccc1O2. The van der Waals surface area contributed by atoms with Gasteiger partial charge in [0.15, 0.2) is 0 Å². The van der Waals surface area contributed by atoms with Gasteiger partial charge in [0.2, 0.25) is 9.84 Å². The number of sulfone groups is 1. The Hall–Kier alpha value is -2.41. The highest BCUT2D eigenvalue weighted by atomic mass is 32.2. The fraction of sp³-hybridized carbons (Fsp3) is 0.235. The molecule has 0 amide bonds. The van der Waals surface area contributed by atoms with Crippen molar-refractivity contribution in [1.82, 2.24) is 0 Å². The summed E-state index contributed by atoms with van der Waals surface area (Å²) in [6, 6.07) is 7.82. The number of halogens is 1. The van der Waals surface area contributed by atoms with Crippen LogP contribution in [0.3, 0.4) is 0 Å². The normalized spacial score (nSPS) is 15.6. The van der Waals surface area contributed by atoms with Crippen LogP contribution in [-0.4, -0.2) is 21.0 Å². The topological polar surface area (TPSA) is 69.7 Å². The highest BCUT2D eigenvalue weighted by Crippen LogP contribution is 2.43. The second kappa shape index (κ2) is 5.90. The first-order chi connectivity index (χ1) is 11.3. The van der Waals surface area contributed by atoms with Crippen molar-refractivity contribution >= 4 is 15.8 Å². The zero-order valence-electron chi connectivity index (χ0n) is 13.1. The summed E-state index contributed by atoms with van der Waals surface area (Å²) in [4.78, 5) is 11.5. The van der Waals surface area contributed by atoms with E-state index in [9.17, 15) is 17.6 Å². The summed E-state index contributed by atoms with van der Waals surface area (Å²) in [5.41, 5.74) is 0.485. The molecule has 2 aromatic rings. The summed E-state index contributed by atoms with van der Waals surface area (Å²) in [7, 11) is -3.93. The van der Waals surface area contributed by atoms with Crippen molar-refractivity contribution in [2.75, 3.05) is 6.61 Å². The van der Waals surface area contributed by atoms with Crippen molar-refractivity contribution in [2.24, 2.45) is 0 Å². The summed E-state index contributed by atoms with van der Waals surface area (Å²) in [5, 5.41) is 0. The van der Waals surface area contributed by atoms with Gasteiger partial charge in [-0.1, -0.05) is 6.07 Å². The first-order valence-electron chi connectivity index (χ1n) is 7.37. The van der Waals surface area contributed by atoms with Gasteiger partial charge in [-0.3, -0.25) is 4.79 Å². The van der Waals surface area contributed by atoms with Crippen molar-refractivity contribution in [3.8, 4) is 11.5 Å². The smallest absolute Gasteiger partial charge is 0.313 e. The van der Waals surface area contributed by atoms with Gasteiger partial charge < -0.3 is 9.47 Å². The van der Waals surface area contributed by atoms with Gasteiger partial charge in [-0.05, 0) is 49.7 Å². The molecule has 1 atom stereocenters. The van der Waals surface area contributed by atoms with E-state index >= 15 is 0 Å². The van der Waals surface area contributed by atoms with Crippen LogP contribution in [0.1, 0.15) is 25.3 Å². The molecule has 0 N–H and O–H groups in total. The Labute approximate surface area is 138 Å². The zero-order valence-corrected chi connectivity index (χ0v) is 13.9. The minimum atomic E-state index is -3.93. The first kappa shape index (κ1) is 16.4. The third-order valence-corrected chi connectivity index (χ3v) is 5.61. The van der Waals surface area contributed by atoms with Gasteiger partial charge in [0.1, 0.15) is 27.1 Å². The number of carbonyl (C=O) groups excluding carboxylic acids is 1. The quantitative estimate of drug-likeness (QED) is 0.677. The van der Waals surface area contributed by atoms with Crippen molar-refractivity contribution < 1.29 is 27.1 Å². The van der Waals surface area contributed by atoms with Crippen LogP contribution in [-0.2, 0) is 19.4 Å². The fourth-order valence-electron chi connectivity index (χ4n) is 2.50. The van der Waals surface area contributed by atoms with Crippen LogP contribution in [0.25, 0.3) is 0 Å². The Morgan fingerprint density at radius 1 is 1.17 bits per heavy atom. The van der Waals surface area contributed by atoms with Gasteiger partial charge in [0.05, 0.1) is 12.5 Å². The number of ether oxygens (including phenoxy) is 2. The molecule has 1 heterocycles. The van der Waals surface area contributed by atoms with Crippen LogP contribution in [0.5, 0.6) is 11.5 Å². The van der Waals surface area contributed by atoms with Gasteiger partial charge in [0, 0.05) is 0 Å². The lowest BCUT2D eigenvalue weighted by atomic mass is 10.0. The minimum Gasteiger partial charge on any atom is -0.466 e. The van der Waals surface area contributed by atoms with E-state index in [1.54, 1.807) is 19.9 Å². The second-order valence-electron chi connectivity index (χ2n) is 5.38. The van der Waals surface area contributed by atoms with E-state index in [1.807, 2.05) is 0 Å². The first-order valence-corrected chi connectivity index (χ1v) is 8.86. The van der Waals surface area contributed by atoms with Crippen molar-refractivity contribution in [1.29, 1.82) is 0 Å². The Bertz CT molecular complexity index is 921. The fourth-order valence-corrected chi connectivity index (χ4v) is 4.05. The molecule has 0 bridgehead atoms. The number of fused-ring (bicyclic) bond motifs is 2. The molecule has 0 fully saturated rings. The maximum Gasteiger partial charge on any atom is 0.313 e. The van der Waals surface area contributed by atoms with E-state index in [2.05, 4.69) is 0 Å². The predicted octanol–water partition coefficient (Wildman–Crippen LogP) is 3.43. The number of hydrogen-bond acceptors (Lipinski definition) is 5. The molecular weight excluding hydrogens is 335 g/mol. The van der Waals surface area contributed by atoms with Gasteiger partial charge in [-0.15, -0.1) is 0 Å². The van der Waals surface area contributed by atoms with Gasteiger partial charge in [-0.2, -0.15) is 0 Å². The maximum absolute atomic E-state index is 13.4. The third-order valence-electron chi connectivity index (χ3n) is 3.81. The summed E-state index contributed by atoms with van der Waals surface area (Å²) in [6.45, 7) is 3.56. The lowest BCUT2D eigenvalue weighted by Crippen LogP contribution is -2.15. The third kappa shape index (κ3) is 2.65. The van der Waals surface area contributed by atoms with Crippen molar-refractivity contribution in [3.63, 3.8) is 0 Å². The number of rotatable bonds is 3. The van der Waals surface area contributed by atoms with E-state index in [4.69, 9.17) is 9.47 Å². The Balaban J connectivity index is 2.09. The number of hydrogen-bond donors (Lipinski definition) is 0. The van der Waals surface area contributed by atoms with Crippen LogP contribution in [0.15, 0.2) is 46.2 Å². The molecule has 5 nitrogen and oxygen atoms in total. The minimum absolute atomic E-state index is 0.0788. The summed E-state index contributed by atoms with van der Waals surface area (Å²) >= 11 is 0. The molecule has 0 saturated carbocycles. The van der Waals surface area contributed by atoms with Crippen molar-refractivity contribution in [3.05, 3.63) is 47.8 Å². The Morgan fingerprint density at radius 2 is 1.79 bits per heavy atom. The van der Waals surface area contributed by atoms with E-state index in [0.717, 1.165) is 12.1 Å². The molecule has 126 valence electrons. The summed E-state index contributed by atoms with van der Waals surface area (Å²) < 4.78 is 49.4. The zero-order chi connectivity index (χ0) is 17.5. The lowest BCUT2D eigenvalue weighted by Gasteiger charge is -2.21.